The van der Waals surface area contributed by atoms with E-state index < -0.39 is 0 Å². The molecule has 1 heterocycles. The van der Waals surface area contributed by atoms with Crippen molar-refractivity contribution in [2.24, 2.45) is 5.73 Å². The molecule has 20 heavy (non-hydrogen) atoms. The van der Waals surface area contributed by atoms with Crippen LogP contribution in [0.4, 0.5) is 10.1 Å². The van der Waals surface area contributed by atoms with Gasteiger partial charge in [-0.15, -0.1) is 0 Å². The highest BCUT2D eigenvalue weighted by Gasteiger charge is 2.30. The Morgan fingerprint density at radius 3 is 2.75 bits per heavy atom. The van der Waals surface area contributed by atoms with Crippen molar-refractivity contribution in [3.63, 3.8) is 0 Å². The zero-order valence-corrected chi connectivity index (χ0v) is 12.4. The Hall–Kier alpha value is -1.39. The fraction of sp³-hybridized carbons (Fsp3) is 0.375. The van der Waals surface area contributed by atoms with Crippen molar-refractivity contribution >= 4 is 17.0 Å². The van der Waals surface area contributed by atoms with Crippen LogP contribution in [0.5, 0.6) is 0 Å². The average molecular weight is 290 g/mol. The summed E-state index contributed by atoms with van der Waals surface area (Å²) in [6.45, 7) is 2.65. The number of nitrogens with zero attached hydrogens (tertiary/aromatic N) is 1. The first-order chi connectivity index (χ1) is 9.65. The Labute approximate surface area is 123 Å². The molecule has 1 aromatic carbocycles. The molecule has 0 unspecified atom stereocenters. The van der Waals surface area contributed by atoms with Crippen LogP contribution < -0.4 is 10.6 Å². The molecule has 106 valence electrons. The third-order valence-electron chi connectivity index (χ3n) is 3.73. The SMILES string of the molecule is C[C@H](N)c1ccc(N(Cc2ccsc2)C2CC2)c(F)c1. The van der Waals surface area contributed by atoms with Crippen molar-refractivity contribution in [3.05, 3.63) is 52.0 Å². The van der Waals surface area contributed by atoms with Gasteiger partial charge >= 0.3 is 0 Å². The standard InChI is InChI=1S/C16H19FN2S/c1-11(18)13-2-5-16(15(17)8-13)19(14-3-4-14)9-12-6-7-20-10-12/h2,5-8,10-11,14H,3-4,9,18H2,1H3/t11-/m0/s1. The summed E-state index contributed by atoms with van der Waals surface area (Å²) in [4.78, 5) is 2.18. The van der Waals surface area contributed by atoms with E-state index in [0.717, 1.165) is 24.9 Å². The molecule has 4 heteroatoms. The third kappa shape index (κ3) is 2.86. The van der Waals surface area contributed by atoms with Crippen molar-refractivity contribution in [1.29, 1.82) is 0 Å². The predicted octanol–water partition coefficient (Wildman–Crippen LogP) is 4.08. The summed E-state index contributed by atoms with van der Waals surface area (Å²) < 4.78 is 14.4. The summed E-state index contributed by atoms with van der Waals surface area (Å²) in [6, 6.07) is 7.83. The number of nitrogens with two attached hydrogens (primary N) is 1. The van der Waals surface area contributed by atoms with Gasteiger partial charge in [0, 0.05) is 18.6 Å². The molecule has 1 atom stereocenters. The molecule has 1 aliphatic rings. The molecular weight excluding hydrogens is 271 g/mol. The number of halogens is 1. The van der Waals surface area contributed by atoms with Gasteiger partial charge in [-0.1, -0.05) is 6.07 Å². The monoisotopic (exact) mass is 290 g/mol. The Morgan fingerprint density at radius 2 is 2.20 bits per heavy atom. The van der Waals surface area contributed by atoms with Crippen LogP contribution in [0.3, 0.4) is 0 Å². The summed E-state index contributed by atoms with van der Waals surface area (Å²) in [5.74, 6) is -0.165. The maximum atomic E-state index is 14.4. The normalized spacial score (nSPS) is 16.1. The Kier molecular flexibility index (Phi) is 3.76. The molecule has 1 aromatic heterocycles. The van der Waals surface area contributed by atoms with Crippen molar-refractivity contribution in [2.45, 2.75) is 38.4 Å². The van der Waals surface area contributed by atoms with Crippen molar-refractivity contribution in [3.8, 4) is 0 Å². The van der Waals surface area contributed by atoms with Crippen LogP contribution in [0.15, 0.2) is 35.0 Å². The van der Waals surface area contributed by atoms with E-state index in [-0.39, 0.29) is 11.9 Å². The van der Waals surface area contributed by atoms with Gasteiger partial charge in [0.1, 0.15) is 5.82 Å². The van der Waals surface area contributed by atoms with Crippen LogP contribution in [-0.2, 0) is 6.54 Å². The third-order valence-corrected chi connectivity index (χ3v) is 4.46. The molecule has 3 rings (SSSR count). The van der Waals surface area contributed by atoms with Gasteiger partial charge in [-0.05, 0) is 59.9 Å². The van der Waals surface area contributed by atoms with E-state index in [1.807, 2.05) is 19.1 Å². The van der Waals surface area contributed by atoms with Crippen LogP contribution in [0, 0.1) is 5.82 Å². The highest BCUT2D eigenvalue weighted by molar-refractivity contribution is 7.07. The molecule has 1 fully saturated rings. The summed E-state index contributed by atoms with van der Waals surface area (Å²) in [7, 11) is 0. The summed E-state index contributed by atoms with van der Waals surface area (Å²) in [5, 5.41) is 4.19. The number of hydrogen-bond acceptors (Lipinski definition) is 3. The largest absolute Gasteiger partial charge is 0.362 e. The fourth-order valence-corrected chi connectivity index (χ4v) is 3.08. The van der Waals surface area contributed by atoms with Gasteiger partial charge in [0.25, 0.3) is 0 Å². The van der Waals surface area contributed by atoms with Crippen molar-refractivity contribution < 1.29 is 4.39 Å². The first-order valence-corrected chi connectivity index (χ1v) is 7.92. The van der Waals surface area contributed by atoms with Gasteiger partial charge in [0.05, 0.1) is 5.69 Å². The molecule has 0 radical (unpaired) electrons. The van der Waals surface area contributed by atoms with Crippen molar-refractivity contribution in [2.75, 3.05) is 4.90 Å². The summed E-state index contributed by atoms with van der Waals surface area (Å²) in [5.41, 5.74) is 8.60. The molecule has 0 spiro atoms. The first kappa shape index (κ1) is 13.6. The van der Waals surface area contributed by atoms with Gasteiger partial charge in [0.2, 0.25) is 0 Å². The quantitative estimate of drug-likeness (QED) is 0.899. The van der Waals surface area contributed by atoms with E-state index in [2.05, 4.69) is 21.7 Å². The second-order valence-electron chi connectivity index (χ2n) is 5.49. The fourth-order valence-electron chi connectivity index (χ4n) is 2.42. The summed E-state index contributed by atoms with van der Waals surface area (Å²) in [6.07, 6.45) is 2.30. The highest BCUT2D eigenvalue weighted by atomic mass is 32.1. The van der Waals surface area contributed by atoms with E-state index in [1.54, 1.807) is 17.4 Å². The molecule has 1 saturated carbocycles. The molecule has 2 nitrogen and oxygen atoms in total. The molecule has 2 N–H and O–H groups in total. The van der Waals surface area contributed by atoms with Crippen LogP contribution in [-0.4, -0.2) is 6.04 Å². The van der Waals surface area contributed by atoms with Gasteiger partial charge in [-0.2, -0.15) is 11.3 Å². The molecule has 0 aliphatic heterocycles. The second-order valence-corrected chi connectivity index (χ2v) is 6.27. The van der Waals surface area contributed by atoms with E-state index >= 15 is 0 Å². The highest BCUT2D eigenvalue weighted by Crippen LogP contribution is 2.35. The smallest absolute Gasteiger partial charge is 0.146 e. The van der Waals surface area contributed by atoms with E-state index in [9.17, 15) is 4.39 Å². The molecule has 2 aromatic rings. The predicted molar refractivity (Wildman–Crippen MR) is 82.5 cm³/mol. The van der Waals surface area contributed by atoms with E-state index in [0.29, 0.717) is 11.7 Å². The lowest BCUT2D eigenvalue weighted by molar-refractivity contribution is 0.610. The van der Waals surface area contributed by atoms with Crippen LogP contribution in [0.1, 0.15) is 36.9 Å². The van der Waals surface area contributed by atoms with Gasteiger partial charge in [-0.3, -0.25) is 0 Å². The number of anilines is 1. The number of benzene rings is 1. The number of thiophene rings is 1. The van der Waals surface area contributed by atoms with Crippen LogP contribution in [0.2, 0.25) is 0 Å². The first-order valence-electron chi connectivity index (χ1n) is 6.98. The molecule has 1 aliphatic carbocycles. The van der Waals surface area contributed by atoms with Gasteiger partial charge in [-0.25, -0.2) is 4.39 Å². The molecule has 0 amide bonds. The Morgan fingerprint density at radius 1 is 1.40 bits per heavy atom. The molecular formula is C16H19FN2S. The maximum Gasteiger partial charge on any atom is 0.146 e. The zero-order valence-electron chi connectivity index (χ0n) is 11.6. The minimum absolute atomic E-state index is 0.134. The Balaban J connectivity index is 1.87. The Bertz CT molecular complexity index is 576. The van der Waals surface area contributed by atoms with E-state index in [1.165, 1.54) is 5.56 Å². The van der Waals surface area contributed by atoms with Crippen LogP contribution in [0.25, 0.3) is 0 Å². The maximum absolute atomic E-state index is 14.4. The summed E-state index contributed by atoms with van der Waals surface area (Å²) >= 11 is 1.68. The lowest BCUT2D eigenvalue weighted by atomic mass is 10.1. The number of hydrogen-bond donors (Lipinski definition) is 1. The average Bonchev–Trinajstić information content (AvgIpc) is 3.14. The molecule has 0 bridgehead atoms. The minimum Gasteiger partial charge on any atom is -0.362 e. The second kappa shape index (κ2) is 5.54. The van der Waals surface area contributed by atoms with Gasteiger partial charge in [0.15, 0.2) is 0 Å². The zero-order chi connectivity index (χ0) is 14.1. The lowest BCUT2D eigenvalue weighted by Gasteiger charge is -2.25. The lowest BCUT2D eigenvalue weighted by Crippen LogP contribution is -2.26. The van der Waals surface area contributed by atoms with Crippen molar-refractivity contribution in [1.82, 2.24) is 0 Å². The molecule has 0 saturated heterocycles. The minimum atomic E-state index is -0.165. The van der Waals surface area contributed by atoms with E-state index in [4.69, 9.17) is 5.73 Å². The van der Waals surface area contributed by atoms with Gasteiger partial charge < -0.3 is 10.6 Å². The van der Waals surface area contributed by atoms with Crippen LogP contribution >= 0.6 is 11.3 Å². The topological polar surface area (TPSA) is 29.3 Å². The number of rotatable bonds is 5.